The van der Waals surface area contributed by atoms with E-state index in [1.807, 2.05) is 6.07 Å². The van der Waals surface area contributed by atoms with Crippen molar-refractivity contribution in [3.05, 3.63) is 93.0 Å². The molecule has 1 aromatic heterocycles. The highest BCUT2D eigenvalue weighted by molar-refractivity contribution is 7.92. The molecule has 0 spiro atoms. The first-order chi connectivity index (χ1) is 16.4. The van der Waals surface area contributed by atoms with Crippen molar-refractivity contribution in [2.24, 2.45) is 14.1 Å². The van der Waals surface area contributed by atoms with Crippen molar-refractivity contribution in [3.63, 3.8) is 0 Å². The number of rotatable bonds is 5. The van der Waals surface area contributed by atoms with Crippen LogP contribution in [-0.4, -0.2) is 17.6 Å². The smallest absolute Gasteiger partial charge is 0.316 e. The summed E-state index contributed by atoms with van der Waals surface area (Å²) in [6.07, 6.45) is 0. The number of hydrogen-bond donors (Lipinski definition) is 1. The van der Waals surface area contributed by atoms with Crippen LogP contribution in [0.25, 0.3) is 11.0 Å². The summed E-state index contributed by atoms with van der Waals surface area (Å²) in [6.45, 7) is 6.15. The second-order valence-corrected chi connectivity index (χ2v) is 11.0. The monoisotopic (exact) mass is 493 g/mol. The fourth-order valence-electron chi connectivity index (χ4n) is 3.72. The number of anilines is 1. The normalized spacial score (nSPS) is 12.0. The van der Waals surface area contributed by atoms with E-state index in [2.05, 4.69) is 25.5 Å². The van der Waals surface area contributed by atoms with Crippen LogP contribution in [0.15, 0.2) is 81.2 Å². The Balaban J connectivity index is 1.86. The largest absolute Gasteiger partial charge is 0.455 e. The highest BCUT2D eigenvalue weighted by Crippen LogP contribution is 2.35. The van der Waals surface area contributed by atoms with Gasteiger partial charge in [0.25, 0.3) is 10.0 Å². The van der Waals surface area contributed by atoms with Gasteiger partial charge < -0.3 is 13.9 Å². The number of sulfonamides is 1. The van der Waals surface area contributed by atoms with Crippen LogP contribution in [0.2, 0.25) is 0 Å². The first-order valence-electron chi connectivity index (χ1n) is 11.0. The lowest BCUT2D eigenvalue weighted by Gasteiger charge is -2.20. The average Bonchev–Trinajstić information content (AvgIpc) is 2.82. The van der Waals surface area contributed by atoms with Gasteiger partial charge in [-0.2, -0.15) is 0 Å². The van der Waals surface area contributed by atoms with Crippen LogP contribution in [0.4, 0.5) is 5.69 Å². The summed E-state index contributed by atoms with van der Waals surface area (Å²) in [5.41, 5.74) is 0.395. The Morgan fingerprint density at radius 3 is 1.89 bits per heavy atom. The van der Waals surface area contributed by atoms with Gasteiger partial charge in [-0.25, -0.2) is 8.42 Å². The lowest BCUT2D eigenvalue weighted by Crippen LogP contribution is -2.39. The minimum atomic E-state index is -3.99. The Morgan fingerprint density at radius 2 is 1.34 bits per heavy atom. The van der Waals surface area contributed by atoms with Crippen LogP contribution >= 0.6 is 0 Å². The average molecular weight is 494 g/mol. The maximum absolute atomic E-state index is 13.3. The molecular formula is C26H27N3O5S. The summed E-state index contributed by atoms with van der Waals surface area (Å²) >= 11 is 0. The molecule has 4 rings (SSSR count). The molecule has 0 bridgehead atoms. The fourth-order valence-corrected chi connectivity index (χ4v) is 4.78. The standard InChI is InChI=1S/C26H27N3O5S/c1-26(2,3)17-11-13-19(14-12-17)35(32,33)27-20-15-21-22(29(5)25(31)24(30)28(21)4)16-23(20)34-18-9-7-6-8-10-18/h6-16,27H,1-5H3. The maximum atomic E-state index is 13.3. The Labute approximate surface area is 203 Å². The van der Waals surface area contributed by atoms with Crippen molar-refractivity contribution in [1.82, 2.24) is 9.13 Å². The molecule has 8 nitrogen and oxygen atoms in total. The zero-order valence-electron chi connectivity index (χ0n) is 20.2. The van der Waals surface area contributed by atoms with E-state index in [-0.39, 0.29) is 21.7 Å². The minimum Gasteiger partial charge on any atom is -0.455 e. The third-order valence-corrected chi connectivity index (χ3v) is 7.22. The quantitative estimate of drug-likeness (QED) is 0.422. The molecule has 1 N–H and O–H groups in total. The van der Waals surface area contributed by atoms with E-state index in [9.17, 15) is 18.0 Å². The predicted molar refractivity (Wildman–Crippen MR) is 137 cm³/mol. The molecule has 0 saturated carbocycles. The number of benzene rings is 3. The van der Waals surface area contributed by atoms with Gasteiger partial charge in [0.2, 0.25) is 0 Å². The molecule has 35 heavy (non-hydrogen) atoms. The van der Waals surface area contributed by atoms with Gasteiger partial charge in [-0.3, -0.25) is 14.3 Å². The first kappa shape index (κ1) is 24.3. The molecule has 0 fully saturated rings. The van der Waals surface area contributed by atoms with E-state index in [1.54, 1.807) is 54.6 Å². The highest BCUT2D eigenvalue weighted by atomic mass is 32.2. The van der Waals surface area contributed by atoms with Gasteiger partial charge in [-0.05, 0) is 41.3 Å². The SMILES string of the molecule is Cn1c(=O)c(=O)n(C)c2cc(Oc3ccccc3)c(NS(=O)(=O)c3ccc(C(C)(C)C)cc3)cc21. The zero-order valence-corrected chi connectivity index (χ0v) is 21.0. The highest BCUT2D eigenvalue weighted by Gasteiger charge is 2.21. The number of fused-ring (bicyclic) bond motifs is 1. The molecule has 0 saturated heterocycles. The lowest BCUT2D eigenvalue weighted by molar-refractivity contribution is 0.485. The zero-order chi connectivity index (χ0) is 25.5. The Kier molecular flexibility index (Phi) is 6.06. The van der Waals surface area contributed by atoms with Crippen molar-refractivity contribution < 1.29 is 13.2 Å². The van der Waals surface area contributed by atoms with Gasteiger partial charge in [0, 0.05) is 20.2 Å². The number of nitrogens with one attached hydrogen (secondary N) is 1. The number of nitrogens with zero attached hydrogens (tertiary/aromatic N) is 2. The first-order valence-corrected chi connectivity index (χ1v) is 12.5. The Hall–Kier alpha value is -3.85. The molecule has 0 amide bonds. The fraction of sp³-hybridized carbons (Fsp3) is 0.231. The summed E-state index contributed by atoms with van der Waals surface area (Å²) in [7, 11) is -1.04. The van der Waals surface area contributed by atoms with E-state index in [4.69, 9.17) is 4.74 Å². The molecule has 182 valence electrons. The molecule has 3 aromatic carbocycles. The molecule has 4 aromatic rings. The van der Waals surface area contributed by atoms with E-state index >= 15 is 0 Å². The number of para-hydroxylation sites is 1. The van der Waals surface area contributed by atoms with Crippen LogP contribution in [0.1, 0.15) is 26.3 Å². The second-order valence-electron chi connectivity index (χ2n) is 9.36. The second kappa shape index (κ2) is 8.74. The third kappa shape index (κ3) is 4.72. The van der Waals surface area contributed by atoms with Crippen molar-refractivity contribution in [1.29, 1.82) is 0 Å². The van der Waals surface area contributed by atoms with Gasteiger partial charge in [-0.15, -0.1) is 0 Å². The van der Waals surface area contributed by atoms with E-state index in [0.717, 1.165) is 5.56 Å². The summed E-state index contributed by atoms with van der Waals surface area (Å²) < 4.78 is 37.6. The molecule has 1 heterocycles. The van der Waals surface area contributed by atoms with E-state index in [0.29, 0.717) is 16.8 Å². The van der Waals surface area contributed by atoms with Crippen molar-refractivity contribution in [2.75, 3.05) is 4.72 Å². The Morgan fingerprint density at radius 1 is 0.800 bits per heavy atom. The minimum absolute atomic E-state index is 0.0885. The van der Waals surface area contributed by atoms with Gasteiger partial charge in [-0.1, -0.05) is 51.1 Å². The van der Waals surface area contributed by atoms with Gasteiger partial charge >= 0.3 is 11.1 Å². The van der Waals surface area contributed by atoms with Gasteiger partial charge in [0.15, 0.2) is 5.75 Å². The number of ether oxygens (including phenoxy) is 1. The maximum Gasteiger partial charge on any atom is 0.316 e. The summed E-state index contributed by atoms with van der Waals surface area (Å²) in [5.74, 6) is 0.670. The molecule has 0 aliphatic rings. The lowest BCUT2D eigenvalue weighted by atomic mass is 9.87. The molecule has 0 aliphatic carbocycles. The van der Waals surface area contributed by atoms with E-state index in [1.165, 1.54) is 29.3 Å². The van der Waals surface area contributed by atoms with Crippen molar-refractivity contribution >= 4 is 26.7 Å². The van der Waals surface area contributed by atoms with Crippen molar-refractivity contribution in [3.8, 4) is 11.5 Å². The third-order valence-electron chi connectivity index (χ3n) is 5.84. The molecular weight excluding hydrogens is 466 g/mol. The van der Waals surface area contributed by atoms with Crippen LogP contribution in [0.3, 0.4) is 0 Å². The van der Waals surface area contributed by atoms with Crippen LogP contribution < -0.4 is 20.6 Å². The Bertz CT molecular complexity index is 1630. The van der Waals surface area contributed by atoms with Crippen LogP contribution in [0, 0.1) is 0 Å². The topological polar surface area (TPSA) is 99.4 Å². The van der Waals surface area contributed by atoms with Crippen LogP contribution in [-0.2, 0) is 29.5 Å². The molecule has 0 radical (unpaired) electrons. The molecule has 0 aliphatic heterocycles. The number of hydrogen-bond acceptors (Lipinski definition) is 5. The molecule has 0 unspecified atom stereocenters. The van der Waals surface area contributed by atoms with Gasteiger partial charge in [0.05, 0.1) is 21.6 Å². The molecule has 9 heteroatoms. The summed E-state index contributed by atoms with van der Waals surface area (Å²) in [5, 5.41) is 0. The molecule has 0 atom stereocenters. The van der Waals surface area contributed by atoms with E-state index < -0.39 is 21.1 Å². The summed E-state index contributed by atoms with van der Waals surface area (Å²) in [4.78, 5) is 24.8. The number of aromatic nitrogens is 2. The predicted octanol–water partition coefficient (Wildman–Crippen LogP) is 4.13. The number of aryl methyl sites for hydroxylation is 2. The van der Waals surface area contributed by atoms with Crippen molar-refractivity contribution in [2.45, 2.75) is 31.1 Å². The van der Waals surface area contributed by atoms with Gasteiger partial charge in [0.1, 0.15) is 5.75 Å². The van der Waals surface area contributed by atoms with Crippen LogP contribution in [0.5, 0.6) is 11.5 Å². The summed E-state index contributed by atoms with van der Waals surface area (Å²) in [6, 6.07) is 18.6.